The summed E-state index contributed by atoms with van der Waals surface area (Å²) in [7, 11) is 0. The highest BCUT2D eigenvalue weighted by molar-refractivity contribution is 5.76. The van der Waals surface area contributed by atoms with Crippen LogP contribution in [0.2, 0.25) is 0 Å². The molecule has 1 aromatic carbocycles. The van der Waals surface area contributed by atoms with Gasteiger partial charge in [-0.1, -0.05) is 0 Å². The molecule has 2 heterocycles. The minimum atomic E-state index is -0.365. The van der Waals surface area contributed by atoms with E-state index in [-0.39, 0.29) is 24.1 Å². The van der Waals surface area contributed by atoms with Gasteiger partial charge >= 0.3 is 0 Å². The Kier molecular flexibility index (Phi) is 3.44. The number of anilines is 1. The summed E-state index contributed by atoms with van der Waals surface area (Å²) in [5.74, 6) is 0.585. The van der Waals surface area contributed by atoms with Crippen LogP contribution in [-0.4, -0.2) is 31.7 Å². The third kappa shape index (κ3) is 3.00. The summed E-state index contributed by atoms with van der Waals surface area (Å²) in [5, 5.41) is 13.7. The van der Waals surface area contributed by atoms with Gasteiger partial charge < -0.3 is 15.8 Å². The third-order valence-electron chi connectivity index (χ3n) is 3.52. The number of fused-ring (bicyclic) bond motifs is 1. The number of rotatable bonds is 3. The van der Waals surface area contributed by atoms with E-state index in [4.69, 9.17) is 10.5 Å². The molecule has 8 nitrogen and oxygen atoms in total. The molecule has 22 heavy (non-hydrogen) atoms. The minimum absolute atomic E-state index is 0.0719. The van der Waals surface area contributed by atoms with Crippen molar-refractivity contribution in [2.45, 2.75) is 38.5 Å². The van der Waals surface area contributed by atoms with Crippen molar-refractivity contribution in [3.8, 4) is 5.75 Å². The Balaban J connectivity index is 1.80. The number of benzene rings is 1. The molecular weight excluding hydrogens is 284 g/mol. The van der Waals surface area contributed by atoms with Crippen LogP contribution in [0.5, 0.6) is 5.75 Å². The van der Waals surface area contributed by atoms with Gasteiger partial charge in [0, 0.05) is 17.7 Å². The Morgan fingerprint density at radius 1 is 1.55 bits per heavy atom. The number of aromatic nitrogens is 4. The number of carbonyl (C=O) groups excluding carboxylic acids is 1. The maximum atomic E-state index is 12.2. The normalized spacial score (nSPS) is 19.1. The van der Waals surface area contributed by atoms with Crippen LogP contribution in [0.1, 0.15) is 31.9 Å². The van der Waals surface area contributed by atoms with Crippen molar-refractivity contribution in [2.75, 3.05) is 5.73 Å². The second-order valence-corrected chi connectivity index (χ2v) is 5.99. The van der Waals surface area contributed by atoms with Gasteiger partial charge in [-0.05, 0) is 42.5 Å². The molecule has 116 valence electrons. The van der Waals surface area contributed by atoms with Crippen LogP contribution in [0.15, 0.2) is 24.5 Å². The molecule has 0 spiro atoms. The molecule has 0 saturated heterocycles. The fourth-order valence-corrected chi connectivity index (χ4v) is 2.64. The van der Waals surface area contributed by atoms with Crippen molar-refractivity contribution in [3.05, 3.63) is 30.1 Å². The molecule has 1 unspecified atom stereocenters. The molecule has 3 rings (SSSR count). The van der Waals surface area contributed by atoms with Crippen LogP contribution in [-0.2, 0) is 11.3 Å². The van der Waals surface area contributed by atoms with E-state index < -0.39 is 0 Å². The lowest BCUT2D eigenvalue weighted by atomic mass is 9.89. The lowest BCUT2D eigenvalue weighted by molar-refractivity contribution is -0.123. The van der Waals surface area contributed by atoms with Gasteiger partial charge in [0.1, 0.15) is 24.2 Å². The Hall–Kier alpha value is -2.64. The number of nitrogen functional groups attached to an aromatic ring is 1. The summed E-state index contributed by atoms with van der Waals surface area (Å²) < 4.78 is 7.32. The fraction of sp³-hybridized carbons (Fsp3) is 0.429. The van der Waals surface area contributed by atoms with Crippen LogP contribution in [0.3, 0.4) is 0 Å². The number of nitrogens with zero attached hydrogens (tertiary/aromatic N) is 4. The van der Waals surface area contributed by atoms with E-state index in [1.807, 2.05) is 26.0 Å². The standard InChI is InChI=1S/C14H18N6O2/c1-14(2)6-11(10-5-9(15)3-4-12(10)22-14)17-13(21)7-20-8-16-18-19-20/h3-5,8,11H,6-7,15H2,1-2H3,(H,17,21). The predicted octanol–water partition coefficient (Wildman–Crippen LogP) is 0.674. The van der Waals surface area contributed by atoms with Gasteiger partial charge in [0.15, 0.2) is 0 Å². The number of nitrogens with one attached hydrogen (secondary N) is 1. The molecular formula is C14H18N6O2. The molecule has 0 radical (unpaired) electrons. The average Bonchev–Trinajstić information content (AvgIpc) is 2.91. The maximum Gasteiger partial charge on any atom is 0.242 e. The first kappa shape index (κ1) is 14.3. The fourth-order valence-electron chi connectivity index (χ4n) is 2.64. The monoisotopic (exact) mass is 302 g/mol. The molecule has 3 N–H and O–H groups in total. The molecule has 1 aliphatic rings. The zero-order valence-electron chi connectivity index (χ0n) is 12.5. The van der Waals surface area contributed by atoms with E-state index >= 15 is 0 Å². The number of tetrazole rings is 1. The van der Waals surface area contributed by atoms with Crippen molar-refractivity contribution in [1.29, 1.82) is 0 Å². The SMILES string of the molecule is CC1(C)CC(NC(=O)Cn2cnnn2)c2cc(N)ccc2O1. The van der Waals surface area contributed by atoms with Gasteiger partial charge in [-0.25, -0.2) is 4.68 Å². The van der Waals surface area contributed by atoms with Crippen molar-refractivity contribution in [3.63, 3.8) is 0 Å². The highest BCUT2D eigenvalue weighted by Crippen LogP contribution is 2.40. The number of nitrogens with two attached hydrogens (primary N) is 1. The number of carbonyl (C=O) groups is 1. The largest absolute Gasteiger partial charge is 0.487 e. The smallest absolute Gasteiger partial charge is 0.242 e. The van der Waals surface area contributed by atoms with E-state index in [0.29, 0.717) is 12.1 Å². The van der Waals surface area contributed by atoms with E-state index in [1.165, 1.54) is 11.0 Å². The number of hydrogen-bond acceptors (Lipinski definition) is 6. The van der Waals surface area contributed by atoms with Gasteiger partial charge in [0.2, 0.25) is 5.91 Å². The highest BCUT2D eigenvalue weighted by atomic mass is 16.5. The number of amides is 1. The molecule has 1 aliphatic heterocycles. The Morgan fingerprint density at radius 2 is 2.36 bits per heavy atom. The van der Waals surface area contributed by atoms with Crippen LogP contribution < -0.4 is 15.8 Å². The van der Waals surface area contributed by atoms with Gasteiger partial charge in [0.25, 0.3) is 0 Å². The average molecular weight is 302 g/mol. The van der Waals surface area contributed by atoms with Gasteiger partial charge in [-0.15, -0.1) is 5.10 Å². The van der Waals surface area contributed by atoms with Crippen LogP contribution >= 0.6 is 0 Å². The molecule has 1 amide bonds. The molecule has 0 fully saturated rings. The lowest BCUT2D eigenvalue weighted by Gasteiger charge is -2.38. The van der Waals surface area contributed by atoms with E-state index in [2.05, 4.69) is 20.8 Å². The minimum Gasteiger partial charge on any atom is -0.487 e. The Morgan fingerprint density at radius 3 is 3.09 bits per heavy atom. The molecule has 0 bridgehead atoms. The van der Waals surface area contributed by atoms with Gasteiger partial charge in [0.05, 0.1) is 6.04 Å². The quantitative estimate of drug-likeness (QED) is 0.807. The van der Waals surface area contributed by atoms with Crippen molar-refractivity contribution < 1.29 is 9.53 Å². The van der Waals surface area contributed by atoms with Crippen LogP contribution in [0, 0.1) is 0 Å². The summed E-state index contributed by atoms with van der Waals surface area (Å²) >= 11 is 0. The summed E-state index contributed by atoms with van der Waals surface area (Å²) in [4.78, 5) is 12.2. The molecule has 1 aromatic heterocycles. The Bertz CT molecular complexity index is 683. The molecule has 2 aromatic rings. The number of hydrogen-bond donors (Lipinski definition) is 2. The maximum absolute atomic E-state index is 12.2. The summed E-state index contributed by atoms with van der Waals surface area (Å²) in [6.45, 7) is 4.06. The first-order chi connectivity index (χ1) is 10.4. The van der Waals surface area contributed by atoms with Gasteiger partial charge in [-0.2, -0.15) is 0 Å². The van der Waals surface area contributed by atoms with E-state index in [0.717, 1.165) is 11.3 Å². The predicted molar refractivity (Wildman–Crippen MR) is 78.9 cm³/mol. The zero-order valence-corrected chi connectivity index (χ0v) is 12.5. The van der Waals surface area contributed by atoms with E-state index in [1.54, 1.807) is 6.07 Å². The van der Waals surface area contributed by atoms with Crippen LogP contribution in [0.4, 0.5) is 5.69 Å². The highest BCUT2D eigenvalue weighted by Gasteiger charge is 2.34. The first-order valence-corrected chi connectivity index (χ1v) is 7.01. The van der Waals surface area contributed by atoms with Crippen molar-refractivity contribution in [2.24, 2.45) is 0 Å². The van der Waals surface area contributed by atoms with Crippen molar-refractivity contribution >= 4 is 11.6 Å². The topological polar surface area (TPSA) is 108 Å². The number of ether oxygens (including phenoxy) is 1. The second-order valence-electron chi connectivity index (χ2n) is 5.99. The summed E-state index contributed by atoms with van der Waals surface area (Å²) in [6.07, 6.45) is 2.06. The molecule has 1 atom stereocenters. The summed E-state index contributed by atoms with van der Waals surface area (Å²) in [5.41, 5.74) is 7.02. The molecule has 0 aliphatic carbocycles. The lowest BCUT2D eigenvalue weighted by Crippen LogP contribution is -2.42. The molecule has 8 heteroatoms. The van der Waals surface area contributed by atoms with Crippen molar-refractivity contribution in [1.82, 2.24) is 25.5 Å². The van der Waals surface area contributed by atoms with Gasteiger partial charge in [-0.3, -0.25) is 4.79 Å². The first-order valence-electron chi connectivity index (χ1n) is 7.01. The Labute approximate surface area is 127 Å². The van der Waals surface area contributed by atoms with E-state index in [9.17, 15) is 4.79 Å². The zero-order chi connectivity index (χ0) is 15.7. The summed E-state index contributed by atoms with van der Waals surface area (Å²) in [6, 6.07) is 5.31. The van der Waals surface area contributed by atoms with Crippen LogP contribution in [0.25, 0.3) is 0 Å². The molecule has 0 saturated carbocycles. The second kappa shape index (κ2) is 5.28. The third-order valence-corrected chi connectivity index (χ3v) is 3.52.